The molecule has 0 aromatic heterocycles. The molecule has 2 heterocycles. The number of halogens is 1. The zero-order valence-electron chi connectivity index (χ0n) is 13.1. The molecule has 0 aliphatic carbocycles. The van der Waals surface area contributed by atoms with Gasteiger partial charge in [0.1, 0.15) is 0 Å². The smallest absolute Gasteiger partial charge is 0.239 e. The van der Waals surface area contributed by atoms with Crippen LogP contribution in [-0.2, 0) is 9.53 Å². The highest BCUT2D eigenvalue weighted by Crippen LogP contribution is 2.37. The van der Waals surface area contributed by atoms with Gasteiger partial charge in [-0.2, -0.15) is 0 Å². The van der Waals surface area contributed by atoms with Gasteiger partial charge in [-0.3, -0.25) is 9.79 Å². The third-order valence-electron chi connectivity index (χ3n) is 3.99. The highest BCUT2D eigenvalue weighted by molar-refractivity contribution is 14.0. The van der Waals surface area contributed by atoms with Gasteiger partial charge in [-0.1, -0.05) is 0 Å². The summed E-state index contributed by atoms with van der Waals surface area (Å²) in [6, 6.07) is 0.164. The van der Waals surface area contributed by atoms with Crippen LogP contribution in [0.3, 0.4) is 0 Å². The topological polar surface area (TPSA) is 66.0 Å². The summed E-state index contributed by atoms with van der Waals surface area (Å²) in [6.45, 7) is 7.86. The Morgan fingerprint density at radius 3 is 2.76 bits per heavy atom. The van der Waals surface area contributed by atoms with Crippen molar-refractivity contribution in [3.05, 3.63) is 0 Å². The molecule has 7 heteroatoms. The first-order chi connectivity index (χ1) is 9.54. The molecule has 122 valence electrons. The Labute approximate surface area is 144 Å². The minimum atomic E-state index is -0.000685. The van der Waals surface area contributed by atoms with Crippen molar-refractivity contribution in [1.29, 1.82) is 0 Å². The quantitative estimate of drug-likeness (QED) is 0.411. The molecule has 1 unspecified atom stereocenters. The maximum atomic E-state index is 11.7. The lowest BCUT2D eigenvalue weighted by atomic mass is 9.87. The van der Waals surface area contributed by atoms with Crippen LogP contribution in [0.4, 0.5) is 0 Å². The number of carbonyl (C=O) groups excluding carboxylic acids is 1. The molecular formula is C14H27IN4O2. The van der Waals surface area contributed by atoms with Crippen LogP contribution in [0, 0.1) is 5.41 Å². The van der Waals surface area contributed by atoms with Gasteiger partial charge in [-0.15, -0.1) is 24.0 Å². The molecule has 0 aromatic rings. The van der Waals surface area contributed by atoms with Crippen molar-refractivity contribution < 1.29 is 9.53 Å². The number of nitrogens with zero attached hydrogens (tertiary/aromatic N) is 2. The summed E-state index contributed by atoms with van der Waals surface area (Å²) in [7, 11) is 1.76. The van der Waals surface area contributed by atoms with Gasteiger partial charge in [0.2, 0.25) is 5.91 Å². The third-order valence-corrected chi connectivity index (χ3v) is 3.99. The van der Waals surface area contributed by atoms with E-state index in [2.05, 4.69) is 20.5 Å². The zero-order valence-corrected chi connectivity index (χ0v) is 15.5. The van der Waals surface area contributed by atoms with E-state index in [0.29, 0.717) is 5.41 Å². The summed E-state index contributed by atoms with van der Waals surface area (Å²) in [4.78, 5) is 18.2. The lowest BCUT2D eigenvalue weighted by Gasteiger charge is -2.24. The Balaban J connectivity index is 0.00000220. The fourth-order valence-electron chi connectivity index (χ4n) is 2.95. The number of hydrogen-bond donors (Lipinski definition) is 2. The second-order valence-electron chi connectivity index (χ2n) is 6.10. The van der Waals surface area contributed by atoms with Crippen LogP contribution in [0.25, 0.3) is 0 Å². The Morgan fingerprint density at radius 2 is 2.19 bits per heavy atom. The van der Waals surface area contributed by atoms with Gasteiger partial charge < -0.3 is 20.3 Å². The Hall–Kier alpha value is -0.570. The second kappa shape index (κ2) is 8.17. The first-order valence-corrected chi connectivity index (χ1v) is 7.37. The van der Waals surface area contributed by atoms with E-state index >= 15 is 0 Å². The first-order valence-electron chi connectivity index (χ1n) is 7.37. The number of carbonyl (C=O) groups is 1. The SMILES string of the molecule is CN=C(NCC(=O)NC(C)C)N1CCC2(CCOC2)C1.I. The van der Waals surface area contributed by atoms with Gasteiger partial charge in [0.15, 0.2) is 5.96 Å². The lowest BCUT2D eigenvalue weighted by molar-refractivity contribution is -0.120. The molecule has 2 N–H and O–H groups in total. The molecule has 2 fully saturated rings. The van der Waals surface area contributed by atoms with Crippen molar-refractivity contribution in [3.63, 3.8) is 0 Å². The van der Waals surface area contributed by atoms with Gasteiger partial charge in [0.05, 0.1) is 13.2 Å². The van der Waals surface area contributed by atoms with E-state index in [1.807, 2.05) is 13.8 Å². The molecule has 1 amide bonds. The van der Waals surface area contributed by atoms with E-state index < -0.39 is 0 Å². The van der Waals surface area contributed by atoms with Gasteiger partial charge in [-0.05, 0) is 26.7 Å². The molecule has 0 aromatic carbocycles. The van der Waals surface area contributed by atoms with Crippen LogP contribution in [-0.4, -0.2) is 62.7 Å². The average Bonchev–Trinajstić information content (AvgIpc) is 3.01. The Kier molecular flexibility index (Phi) is 7.19. The van der Waals surface area contributed by atoms with E-state index in [1.165, 1.54) is 0 Å². The summed E-state index contributed by atoms with van der Waals surface area (Å²) in [5.74, 6) is 0.812. The van der Waals surface area contributed by atoms with Crippen molar-refractivity contribution in [1.82, 2.24) is 15.5 Å². The van der Waals surface area contributed by atoms with Crippen LogP contribution >= 0.6 is 24.0 Å². The molecule has 0 radical (unpaired) electrons. The maximum absolute atomic E-state index is 11.7. The molecule has 1 atom stereocenters. The summed E-state index contributed by atoms with van der Waals surface area (Å²) in [5, 5.41) is 6.01. The predicted molar refractivity (Wildman–Crippen MR) is 94.1 cm³/mol. The fourth-order valence-corrected chi connectivity index (χ4v) is 2.95. The molecule has 2 saturated heterocycles. The van der Waals surface area contributed by atoms with Gasteiger partial charge in [-0.25, -0.2) is 0 Å². The maximum Gasteiger partial charge on any atom is 0.239 e. The minimum Gasteiger partial charge on any atom is -0.381 e. The summed E-state index contributed by atoms with van der Waals surface area (Å²) < 4.78 is 5.53. The average molecular weight is 410 g/mol. The molecule has 2 aliphatic rings. The monoisotopic (exact) mass is 410 g/mol. The third kappa shape index (κ3) is 4.98. The van der Waals surface area contributed by atoms with E-state index in [1.54, 1.807) is 7.05 Å². The lowest BCUT2D eigenvalue weighted by Crippen LogP contribution is -2.46. The number of ether oxygens (including phenoxy) is 1. The van der Waals surface area contributed by atoms with Gasteiger partial charge >= 0.3 is 0 Å². The van der Waals surface area contributed by atoms with Crippen LogP contribution in [0.5, 0.6) is 0 Å². The highest BCUT2D eigenvalue weighted by Gasteiger charge is 2.42. The zero-order chi connectivity index (χ0) is 14.6. The summed E-state index contributed by atoms with van der Waals surface area (Å²) in [6.07, 6.45) is 2.28. The molecule has 21 heavy (non-hydrogen) atoms. The van der Waals surface area contributed by atoms with E-state index in [0.717, 1.165) is 45.1 Å². The van der Waals surface area contributed by atoms with Crippen molar-refractivity contribution in [3.8, 4) is 0 Å². The van der Waals surface area contributed by atoms with Crippen molar-refractivity contribution in [2.45, 2.75) is 32.7 Å². The number of guanidine groups is 1. The van der Waals surface area contributed by atoms with Gasteiger partial charge in [0.25, 0.3) is 0 Å². The largest absolute Gasteiger partial charge is 0.381 e. The molecule has 1 spiro atoms. The van der Waals surface area contributed by atoms with E-state index in [-0.39, 0.29) is 42.5 Å². The summed E-state index contributed by atoms with van der Waals surface area (Å²) in [5.41, 5.74) is 0.303. The Morgan fingerprint density at radius 1 is 1.43 bits per heavy atom. The second-order valence-corrected chi connectivity index (χ2v) is 6.10. The number of hydrogen-bond acceptors (Lipinski definition) is 3. The van der Waals surface area contributed by atoms with E-state index in [4.69, 9.17) is 4.74 Å². The van der Waals surface area contributed by atoms with Crippen LogP contribution in [0.15, 0.2) is 4.99 Å². The molecule has 6 nitrogen and oxygen atoms in total. The standard InChI is InChI=1S/C14H26N4O2.HI/c1-11(2)17-12(19)8-16-13(15-3)18-6-4-14(9-18)5-7-20-10-14;/h11H,4-10H2,1-3H3,(H,15,16)(H,17,19);1H. The first kappa shape index (κ1) is 18.5. The van der Waals surface area contributed by atoms with Gasteiger partial charge in [0, 0.05) is 38.2 Å². The molecule has 2 rings (SSSR count). The molecular weight excluding hydrogens is 383 g/mol. The van der Waals surface area contributed by atoms with Crippen molar-refractivity contribution in [2.24, 2.45) is 10.4 Å². The minimum absolute atomic E-state index is 0. The summed E-state index contributed by atoms with van der Waals surface area (Å²) >= 11 is 0. The normalized spacial score (nSPS) is 25.3. The molecule has 0 saturated carbocycles. The highest BCUT2D eigenvalue weighted by atomic mass is 127. The predicted octanol–water partition coefficient (Wildman–Crippen LogP) is 0.817. The van der Waals surface area contributed by atoms with Crippen LogP contribution < -0.4 is 10.6 Å². The van der Waals surface area contributed by atoms with Crippen LogP contribution in [0.1, 0.15) is 26.7 Å². The number of nitrogens with one attached hydrogen (secondary N) is 2. The number of amides is 1. The van der Waals surface area contributed by atoms with Crippen molar-refractivity contribution >= 4 is 35.8 Å². The van der Waals surface area contributed by atoms with Crippen LogP contribution in [0.2, 0.25) is 0 Å². The number of likely N-dealkylation sites (tertiary alicyclic amines) is 1. The van der Waals surface area contributed by atoms with Crippen molar-refractivity contribution in [2.75, 3.05) is 39.9 Å². The number of aliphatic imine (C=N–C) groups is 1. The molecule has 0 bridgehead atoms. The fraction of sp³-hybridized carbons (Fsp3) is 0.857. The Bertz CT molecular complexity index is 381. The molecule has 2 aliphatic heterocycles. The number of rotatable bonds is 3. The van der Waals surface area contributed by atoms with E-state index in [9.17, 15) is 4.79 Å².